The van der Waals surface area contributed by atoms with Gasteiger partial charge in [0.15, 0.2) is 0 Å². The summed E-state index contributed by atoms with van der Waals surface area (Å²) in [5, 5.41) is 11.8. The van der Waals surface area contributed by atoms with Crippen molar-refractivity contribution in [3.63, 3.8) is 0 Å². The maximum Gasteiger partial charge on any atom is 0.504 e. The van der Waals surface area contributed by atoms with Gasteiger partial charge >= 0.3 is 6.30 Å². The standard InChI is InChI=1S/C7H10F3N3O/c1-4-5(6(11)3-14)2-12-13(4)7(8,9)10/h2,6,14H,3,11H2,1H3. The summed E-state index contributed by atoms with van der Waals surface area (Å²) in [6.45, 7) is 0.843. The molecule has 4 nitrogen and oxygen atoms in total. The van der Waals surface area contributed by atoms with Gasteiger partial charge in [0.1, 0.15) is 0 Å². The Morgan fingerprint density at radius 2 is 2.21 bits per heavy atom. The minimum absolute atomic E-state index is 0.0716. The van der Waals surface area contributed by atoms with E-state index in [9.17, 15) is 13.2 Å². The Kier molecular flexibility index (Phi) is 2.81. The number of aliphatic hydroxyl groups is 1. The van der Waals surface area contributed by atoms with Gasteiger partial charge in [-0.15, -0.1) is 13.2 Å². The van der Waals surface area contributed by atoms with E-state index >= 15 is 0 Å². The van der Waals surface area contributed by atoms with E-state index in [-0.39, 0.29) is 15.9 Å². The fourth-order valence-corrected chi connectivity index (χ4v) is 1.14. The highest BCUT2D eigenvalue weighted by molar-refractivity contribution is 5.20. The summed E-state index contributed by atoms with van der Waals surface area (Å²) in [4.78, 5) is 0. The molecule has 80 valence electrons. The Bertz CT molecular complexity index is 320. The third-order valence-electron chi connectivity index (χ3n) is 1.88. The lowest BCUT2D eigenvalue weighted by atomic mass is 10.1. The SMILES string of the molecule is Cc1c(C(N)CO)cnn1C(F)(F)F. The van der Waals surface area contributed by atoms with E-state index in [0.717, 1.165) is 6.20 Å². The van der Waals surface area contributed by atoms with Crippen LogP contribution in [0.4, 0.5) is 13.2 Å². The molecule has 0 fully saturated rings. The Morgan fingerprint density at radius 1 is 1.64 bits per heavy atom. The van der Waals surface area contributed by atoms with Crippen LogP contribution in [0.25, 0.3) is 0 Å². The van der Waals surface area contributed by atoms with Crippen LogP contribution in [-0.4, -0.2) is 21.5 Å². The molecule has 0 aliphatic rings. The molecule has 0 amide bonds. The molecule has 1 aromatic heterocycles. The van der Waals surface area contributed by atoms with Crippen molar-refractivity contribution in [2.75, 3.05) is 6.61 Å². The molecule has 1 unspecified atom stereocenters. The second kappa shape index (κ2) is 3.58. The van der Waals surface area contributed by atoms with E-state index in [0.29, 0.717) is 0 Å². The molecule has 1 heterocycles. The maximum absolute atomic E-state index is 12.2. The maximum atomic E-state index is 12.2. The summed E-state index contributed by atoms with van der Waals surface area (Å²) < 4.78 is 36.6. The van der Waals surface area contributed by atoms with Crippen LogP contribution in [0.3, 0.4) is 0 Å². The largest absolute Gasteiger partial charge is 0.504 e. The van der Waals surface area contributed by atoms with Crippen molar-refractivity contribution in [2.45, 2.75) is 19.3 Å². The van der Waals surface area contributed by atoms with Crippen LogP contribution in [0.1, 0.15) is 17.3 Å². The fourth-order valence-electron chi connectivity index (χ4n) is 1.14. The third kappa shape index (κ3) is 1.88. The highest BCUT2D eigenvalue weighted by Crippen LogP contribution is 2.26. The van der Waals surface area contributed by atoms with E-state index in [1.165, 1.54) is 6.92 Å². The molecule has 0 saturated carbocycles. The summed E-state index contributed by atoms with van der Waals surface area (Å²) in [6.07, 6.45) is -3.53. The minimum atomic E-state index is -4.54. The fraction of sp³-hybridized carbons (Fsp3) is 0.571. The average Bonchev–Trinajstić information content (AvgIpc) is 2.45. The number of nitrogens with two attached hydrogens (primary N) is 1. The molecule has 0 aliphatic heterocycles. The molecule has 0 saturated heterocycles. The molecule has 0 radical (unpaired) electrons. The Hall–Kier alpha value is -1.08. The van der Waals surface area contributed by atoms with Crippen molar-refractivity contribution in [2.24, 2.45) is 5.73 Å². The van der Waals surface area contributed by atoms with Gasteiger partial charge in [-0.05, 0) is 6.92 Å². The van der Waals surface area contributed by atoms with E-state index < -0.39 is 18.9 Å². The van der Waals surface area contributed by atoms with Crippen molar-refractivity contribution < 1.29 is 18.3 Å². The van der Waals surface area contributed by atoms with Crippen molar-refractivity contribution in [3.05, 3.63) is 17.5 Å². The zero-order chi connectivity index (χ0) is 10.9. The molecule has 7 heteroatoms. The number of aromatic nitrogens is 2. The van der Waals surface area contributed by atoms with E-state index in [2.05, 4.69) is 5.10 Å². The first-order chi connectivity index (χ1) is 6.38. The van der Waals surface area contributed by atoms with Gasteiger partial charge in [-0.25, -0.2) is 0 Å². The van der Waals surface area contributed by atoms with Gasteiger partial charge in [0.05, 0.1) is 18.8 Å². The lowest BCUT2D eigenvalue weighted by molar-refractivity contribution is -0.213. The smallest absolute Gasteiger partial charge is 0.394 e. The van der Waals surface area contributed by atoms with Gasteiger partial charge in [0, 0.05) is 11.3 Å². The predicted molar refractivity (Wildman–Crippen MR) is 42.3 cm³/mol. The van der Waals surface area contributed by atoms with Crippen LogP contribution in [-0.2, 0) is 6.30 Å². The van der Waals surface area contributed by atoms with E-state index in [1.54, 1.807) is 0 Å². The lowest BCUT2D eigenvalue weighted by Gasteiger charge is -2.10. The molecular weight excluding hydrogens is 199 g/mol. The highest BCUT2D eigenvalue weighted by atomic mass is 19.4. The van der Waals surface area contributed by atoms with Gasteiger partial charge in [0.25, 0.3) is 0 Å². The summed E-state index contributed by atoms with van der Waals surface area (Å²) in [7, 11) is 0. The van der Waals surface area contributed by atoms with Gasteiger partial charge in [-0.2, -0.15) is 9.78 Å². The number of nitrogens with zero attached hydrogens (tertiary/aromatic N) is 2. The molecule has 3 N–H and O–H groups in total. The van der Waals surface area contributed by atoms with Crippen molar-refractivity contribution in [1.29, 1.82) is 0 Å². The topological polar surface area (TPSA) is 64.1 Å². The van der Waals surface area contributed by atoms with Crippen molar-refractivity contribution >= 4 is 0 Å². The second-order valence-corrected chi connectivity index (χ2v) is 2.85. The Balaban J connectivity index is 3.09. The van der Waals surface area contributed by atoms with Crippen LogP contribution in [0, 0.1) is 6.92 Å². The Labute approximate surface area is 78.1 Å². The molecule has 0 aromatic carbocycles. The molecule has 1 atom stereocenters. The third-order valence-corrected chi connectivity index (χ3v) is 1.88. The monoisotopic (exact) mass is 209 g/mol. The van der Waals surface area contributed by atoms with Gasteiger partial charge < -0.3 is 10.8 Å². The highest BCUT2D eigenvalue weighted by Gasteiger charge is 2.34. The lowest BCUT2D eigenvalue weighted by Crippen LogP contribution is -2.21. The quantitative estimate of drug-likeness (QED) is 0.752. The second-order valence-electron chi connectivity index (χ2n) is 2.85. The zero-order valence-corrected chi connectivity index (χ0v) is 7.41. The Morgan fingerprint density at radius 3 is 2.57 bits per heavy atom. The number of rotatable bonds is 2. The van der Waals surface area contributed by atoms with Crippen molar-refractivity contribution in [3.8, 4) is 0 Å². The van der Waals surface area contributed by atoms with Gasteiger partial charge in [-0.1, -0.05) is 0 Å². The molecule has 14 heavy (non-hydrogen) atoms. The summed E-state index contributed by atoms with van der Waals surface area (Å²) in [6, 6.07) is -0.828. The van der Waals surface area contributed by atoms with E-state index in [4.69, 9.17) is 10.8 Å². The molecule has 0 bridgehead atoms. The van der Waals surface area contributed by atoms with Gasteiger partial charge in [0.2, 0.25) is 0 Å². The molecule has 0 spiro atoms. The molecule has 0 aliphatic carbocycles. The molecule has 1 rings (SSSR count). The van der Waals surface area contributed by atoms with Crippen LogP contribution >= 0.6 is 0 Å². The first kappa shape index (κ1) is 11.0. The minimum Gasteiger partial charge on any atom is -0.394 e. The summed E-state index contributed by atoms with van der Waals surface area (Å²) >= 11 is 0. The van der Waals surface area contributed by atoms with Crippen LogP contribution in [0.15, 0.2) is 6.20 Å². The zero-order valence-electron chi connectivity index (χ0n) is 7.41. The summed E-state index contributed by atoms with van der Waals surface area (Å²) in [5.41, 5.74) is 5.48. The van der Waals surface area contributed by atoms with Crippen LogP contribution < -0.4 is 5.73 Å². The molecular formula is C7H10F3N3O. The number of halogens is 3. The normalized spacial score (nSPS) is 14.4. The number of alkyl halides is 3. The number of hydrogen-bond acceptors (Lipinski definition) is 3. The number of hydrogen-bond donors (Lipinski definition) is 2. The van der Waals surface area contributed by atoms with Crippen molar-refractivity contribution in [1.82, 2.24) is 9.78 Å². The van der Waals surface area contributed by atoms with Crippen LogP contribution in [0.2, 0.25) is 0 Å². The van der Waals surface area contributed by atoms with Crippen LogP contribution in [0.5, 0.6) is 0 Å². The average molecular weight is 209 g/mol. The first-order valence-electron chi connectivity index (χ1n) is 3.86. The predicted octanol–water partition coefficient (Wildman–Crippen LogP) is 0.660. The summed E-state index contributed by atoms with van der Waals surface area (Å²) in [5.74, 6) is 0. The number of aliphatic hydroxyl groups excluding tert-OH is 1. The first-order valence-corrected chi connectivity index (χ1v) is 3.86. The molecule has 1 aromatic rings. The van der Waals surface area contributed by atoms with Gasteiger partial charge in [-0.3, -0.25) is 0 Å². The van der Waals surface area contributed by atoms with E-state index in [1.807, 2.05) is 0 Å².